The van der Waals surface area contributed by atoms with E-state index < -0.39 is 0 Å². The molecule has 0 aliphatic heterocycles. The molecule has 0 bridgehead atoms. The summed E-state index contributed by atoms with van der Waals surface area (Å²) in [6.45, 7) is 17.1. The van der Waals surface area contributed by atoms with Crippen LogP contribution in [-0.4, -0.2) is 25.7 Å². The van der Waals surface area contributed by atoms with Crippen LogP contribution in [-0.2, 0) is 0 Å². The van der Waals surface area contributed by atoms with Gasteiger partial charge in [-0.05, 0) is 44.2 Å². The molecule has 2 heteroatoms. The second-order valence-corrected chi connectivity index (χ2v) is 6.12. The van der Waals surface area contributed by atoms with Crippen LogP contribution >= 0.6 is 0 Å². The third-order valence-corrected chi connectivity index (χ3v) is 3.43. The van der Waals surface area contributed by atoms with Crippen molar-refractivity contribution in [3.05, 3.63) is 0 Å². The fourth-order valence-corrected chi connectivity index (χ4v) is 1.55. The maximum atomic E-state index is 3.58. The van der Waals surface area contributed by atoms with Crippen LogP contribution in [0.1, 0.15) is 54.4 Å². The van der Waals surface area contributed by atoms with Gasteiger partial charge in [0.15, 0.2) is 0 Å². The van der Waals surface area contributed by atoms with Gasteiger partial charge in [0.1, 0.15) is 0 Å². The smallest absolute Gasteiger partial charge is 0.0164 e. The van der Waals surface area contributed by atoms with Gasteiger partial charge in [-0.3, -0.25) is 0 Å². The van der Waals surface area contributed by atoms with Crippen LogP contribution in [0.2, 0.25) is 0 Å². The second kappa shape index (κ2) is 8.08. The summed E-state index contributed by atoms with van der Waals surface area (Å²) in [5.74, 6) is 0.774. The van der Waals surface area contributed by atoms with Crippen molar-refractivity contribution in [2.45, 2.75) is 60.4 Å². The lowest BCUT2D eigenvalue weighted by atomic mass is 9.80. The molecule has 0 aromatic heterocycles. The molecule has 0 saturated carbocycles. The first-order valence-electron chi connectivity index (χ1n) is 6.82. The summed E-state index contributed by atoms with van der Waals surface area (Å²) in [5.41, 5.74) is 0.436. The molecule has 0 aliphatic carbocycles. The molecule has 2 unspecified atom stereocenters. The lowest BCUT2D eigenvalue weighted by molar-refractivity contribution is 0.242. The predicted molar refractivity (Wildman–Crippen MR) is 73.9 cm³/mol. The Morgan fingerprint density at radius 1 is 1.06 bits per heavy atom. The Balaban J connectivity index is 3.50. The van der Waals surface area contributed by atoms with Gasteiger partial charge in [-0.1, -0.05) is 34.6 Å². The van der Waals surface area contributed by atoms with Crippen molar-refractivity contribution in [1.82, 2.24) is 10.6 Å². The summed E-state index contributed by atoms with van der Waals surface area (Å²) in [6.07, 6.45) is 2.48. The SMILES string of the molecule is CCCNCC(C)NCCC(C)C(C)(C)C. The molecule has 98 valence electrons. The highest BCUT2D eigenvalue weighted by molar-refractivity contribution is 4.72. The number of hydrogen-bond acceptors (Lipinski definition) is 2. The molecule has 0 aliphatic rings. The van der Waals surface area contributed by atoms with Crippen LogP contribution < -0.4 is 10.6 Å². The summed E-state index contributed by atoms with van der Waals surface area (Å²) >= 11 is 0. The Kier molecular flexibility index (Phi) is 8.04. The number of hydrogen-bond donors (Lipinski definition) is 2. The number of rotatable bonds is 8. The summed E-state index contributed by atoms with van der Waals surface area (Å²) < 4.78 is 0. The Labute approximate surface area is 103 Å². The Bertz CT molecular complexity index is 161. The van der Waals surface area contributed by atoms with E-state index in [1.807, 2.05) is 0 Å². The van der Waals surface area contributed by atoms with Gasteiger partial charge in [-0.25, -0.2) is 0 Å². The minimum Gasteiger partial charge on any atom is -0.315 e. The highest BCUT2D eigenvalue weighted by atomic mass is 15.0. The first kappa shape index (κ1) is 15.9. The zero-order chi connectivity index (χ0) is 12.6. The second-order valence-electron chi connectivity index (χ2n) is 6.12. The summed E-state index contributed by atoms with van der Waals surface area (Å²) in [6, 6.07) is 0.582. The van der Waals surface area contributed by atoms with Crippen molar-refractivity contribution < 1.29 is 0 Å². The highest BCUT2D eigenvalue weighted by Crippen LogP contribution is 2.27. The Morgan fingerprint density at radius 3 is 2.19 bits per heavy atom. The van der Waals surface area contributed by atoms with Gasteiger partial charge >= 0.3 is 0 Å². The van der Waals surface area contributed by atoms with Crippen LogP contribution in [0.5, 0.6) is 0 Å². The van der Waals surface area contributed by atoms with Crippen LogP contribution in [0, 0.1) is 11.3 Å². The van der Waals surface area contributed by atoms with E-state index in [2.05, 4.69) is 52.2 Å². The van der Waals surface area contributed by atoms with Crippen LogP contribution in [0.3, 0.4) is 0 Å². The topological polar surface area (TPSA) is 24.1 Å². The molecule has 2 N–H and O–H groups in total. The molecule has 16 heavy (non-hydrogen) atoms. The minimum atomic E-state index is 0.436. The van der Waals surface area contributed by atoms with E-state index >= 15 is 0 Å². The maximum Gasteiger partial charge on any atom is 0.0164 e. The Hall–Kier alpha value is -0.0800. The fraction of sp³-hybridized carbons (Fsp3) is 1.00. The standard InChI is InChI=1S/C14H32N2/c1-7-9-15-11-13(3)16-10-8-12(2)14(4,5)6/h12-13,15-16H,7-11H2,1-6H3. The van der Waals surface area contributed by atoms with E-state index in [0.717, 1.165) is 25.6 Å². The van der Waals surface area contributed by atoms with Gasteiger partial charge in [-0.2, -0.15) is 0 Å². The third kappa shape index (κ3) is 8.12. The van der Waals surface area contributed by atoms with Crippen molar-refractivity contribution >= 4 is 0 Å². The van der Waals surface area contributed by atoms with Crippen molar-refractivity contribution in [3.63, 3.8) is 0 Å². The lowest BCUT2D eigenvalue weighted by Crippen LogP contribution is -2.38. The first-order valence-corrected chi connectivity index (χ1v) is 6.82. The average molecular weight is 228 g/mol. The molecule has 0 rings (SSSR count). The van der Waals surface area contributed by atoms with E-state index in [4.69, 9.17) is 0 Å². The zero-order valence-corrected chi connectivity index (χ0v) is 12.2. The Morgan fingerprint density at radius 2 is 1.69 bits per heavy atom. The molecule has 0 fully saturated rings. The van der Waals surface area contributed by atoms with E-state index in [1.165, 1.54) is 12.8 Å². The van der Waals surface area contributed by atoms with Gasteiger partial charge in [-0.15, -0.1) is 0 Å². The van der Waals surface area contributed by atoms with Crippen molar-refractivity contribution in [2.75, 3.05) is 19.6 Å². The monoisotopic (exact) mass is 228 g/mol. The normalized spacial score (nSPS) is 16.1. The molecular formula is C14H32N2. The highest BCUT2D eigenvalue weighted by Gasteiger charge is 2.19. The minimum absolute atomic E-state index is 0.436. The fourth-order valence-electron chi connectivity index (χ4n) is 1.55. The van der Waals surface area contributed by atoms with E-state index in [1.54, 1.807) is 0 Å². The largest absolute Gasteiger partial charge is 0.315 e. The summed E-state index contributed by atoms with van der Waals surface area (Å²) in [7, 11) is 0. The van der Waals surface area contributed by atoms with Gasteiger partial charge in [0.05, 0.1) is 0 Å². The maximum absolute atomic E-state index is 3.58. The molecule has 0 spiro atoms. The molecule has 0 heterocycles. The average Bonchev–Trinajstić information content (AvgIpc) is 2.16. The molecule has 0 amide bonds. The lowest BCUT2D eigenvalue weighted by Gasteiger charge is -2.27. The van der Waals surface area contributed by atoms with Crippen molar-refractivity contribution in [1.29, 1.82) is 0 Å². The van der Waals surface area contributed by atoms with Crippen molar-refractivity contribution in [2.24, 2.45) is 11.3 Å². The van der Waals surface area contributed by atoms with Crippen LogP contribution in [0.4, 0.5) is 0 Å². The first-order chi connectivity index (χ1) is 7.38. The number of nitrogens with one attached hydrogen (secondary N) is 2. The van der Waals surface area contributed by atoms with Crippen LogP contribution in [0.25, 0.3) is 0 Å². The molecule has 2 nitrogen and oxygen atoms in total. The molecule has 0 radical (unpaired) electrons. The van der Waals surface area contributed by atoms with Gasteiger partial charge in [0.2, 0.25) is 0 Å². The van der Waals surface area contributed by atoms with Crippen LogP contribution in [0.15, 0.2) is 0 Å². The molecule has 0 saturated heterocycles. The molecule has 0 aromatic rings. The molecular weight excluding hydrogens is 196 g/mol. The van der Waals surface area contributed by atoms with E-state index in [0.29, 0.717) is 11.5 Å². The van der Waals surface area contributed by atoms with E-state index in [-0.39, 0.29) is 0 Å². The van der Waals surface area contributed by atoms with Gasteiger partial charge < -0.3 is 10.6 Å². The van der Waals surface area contributed by atoms with Crippen molar-refractivity contribution in [3.8, 4) is 0 Å². The van der Waals surface area contributed by atoms with Gasteiger partial charge in [0.25, 0.3) is 0 Å². The summed E-state index contributed by atoms with van der Waals surface area (Å²) in [4.78, 5) is 0. The predicted octanol–water partition coefficient (Wildman–Crippen LogP) is 3.04. The van der Waals surface area contributed by atoms with E-state index in [9.17, 15) is 0 Å². The molecule has 0 aromatic carbocycles. The third-order valence-electron chi connectivity index (χ3n) is 3.43. The van der Waals surface area contributed by atoms with Gasteiger partial charge in [0, 0.05) is 12.6 Å². The zero-order valence-electron chi connectivity index (χ0n) is 12.2. The summed E-state index contributed by atoms with van der Waals surface area (Å²) in [5, 5.41) is 7.02. The quantitative estimate of drug-likeness (QED) is 0.624. The molecule has 2 atom stereocenters.